The highest BCUT2D eigenvalue weighted by atomic mass is 16.4. The monoisotopic (exact) mass is 277 g/mol. The van der Waals surface area contributed by atoms with Gasteiger partial charge < -0.3 is 20.7 Å². The standard InChI is InChI=1S/C14H23N5O/c1-18(2)10-11-5-7-19(8-6-11)13-4-3-12(9-16-13)14(15)17-20/h3-4,9,11,20H,5-8,10H2,1-2H3,(H2,15,17). The first-order valence-electron chi connectivity index (χ1n) is 6.93. The molecule has 2 heterocycles. The highest BCUT2D eigenvalue weighted by Crippen LogP contribution is 2.22. The number of piperidine rings is 1. The molecule has 0 radical (unpaired) electrons. The second-order valence-electron chi connectivity index (χ2n) is 5.58. The molecule has 1 aromatic rings. The third kappa shape index (κ3) is 3.60. The Hall–Kier alpha value is -1.82. The van der Waals surface area contributed by atoms with E-state index < -0.39 is 0 Å². The summed E-state index contributed by atoms with van der Waals surface area (Å²) in [5.74, 6) is 1.83. The van der Waals surface area contributed by atoms with Gasteiger partial charge in [0.15, 0.2) is 5.84 Å². The van der Waals surface area contributed by atoms with E-state index in [9.17, 15) is 0 Å². The predicted molar refractivity (Wildman–Crippen MR) is 80.2 cm³/mol. The molecule has 0 saturated carbocycles. The molecule has 0 spiro atoms. The molecule has 1 aromatic heterocycles. The van der Waals surface area contributed by atoms with Crippen molar-refractivity contribution in [1.82, 2.24) is 9.88 Å². The van der Waals surface area contributed by atoms with E-state index in [1.54, 1.807) is 6.20 Å². The summed E-state index contributed by atoms with van der Waals surface area (Å²) in [6, 6.07) is 3.77. The van der Waals surface area contributed by atoms with E-state index in [0.717, 1.165) is 31.4 Å². The molecule has 0 aliphatic carbocycles. The Kier molecular flexibility index (Phi) is 4.79. The Morgan fingerprint density at radius 3 is 2.65 bits per heavy atom. The van der Waals surface area contributed by atoms with E-state index in [2.05, 4.69) is 34.0 Å². The van der Waals surface area contributed by atoms with Gasteiger partial charge >= 0.3 is 0 Å². The van der Waals surface area contributed by atoms with Crippen LogP contribution in [0, 0.1) is 5.92 Å². The van der Waals surface area contributed by atoms with Gasteiger partial charge in [0.25, 0.3) is 0 Å². The molecular weight excluding hydrogens is 254 g/mol. The quantitative estimate of drug-likeness (QED) is 0.371. The molecule has 0 unspecified atom stereocenters. The first-order valence-corrected chi connectivity index (χ1v) is 6.93. The summed E-state index contributed by atoms with van der Waals surface area (Å²) in [5.41, 5.74) is 6.17. The first kappa shape index (κ1) is 14.6. The van der Waals surface area contributed by atoms with Gasteiger partial charge in [-0.25, -0.2) is 4.98 Å². The second-order valence-corrected chi connectivity index (χ2v) is 5.58. The summed E-state index contributed by atoms with van der Waals surface area (Å²) in [4.78, 5) is 8.95. The van der Waals surface area contributed by atoms with E-state index in [1.165, 1.54) is 12.8 Å². The van der Waals surface area contributed by atoms with Crippen molar-refractivity contribution in [2.24, 2.45) is 16.8 Å². The summed E-state index contributed by atoms with van der Waals surface area (Å²) in [7, 11) is 4.25. The Balaban J connectivity index is 1.94. The molecule has 0 atom stereocenters. The number of rotatable bonds is 4. The zero-order valence-corrected chi connectivity index (χ0v) is 12.2. The van der Waals surface area contributed by atoms with Crippen molar-refractivity contribution in [3.63, 3.8) is 0 Å². The summed E-state index contributed by atoms with van der Waals surface area (Å²) in [6.45, 7) is 3.23. The maximum absolute atomic E-state index is 8.63. The van der Waals surface area contributed by atoms with Crippen molar-refractivity contribution in [2.45, 2.75) is 12.8 Å². The SMILES string of the molecule is CN(C)CC1CCN(c2ccc(C(N)=NO)cn2)CC1. The fourth-order valence-corrected chi connectivity index (χ4v) is 2.64. The van der Waals surface area contributed by atoms with E-state index in [-0.39, 0.29) is 5.84 Å². The third-order valence-electron chi connectivity index (χ3n) is 3.71. The molecule has 3 N–H and O–H groups in total. The van der Waals surface area contributed by atoms with Crippen molar-refractivity contribution >= 4 is 11.7 Å². The van der Waals surface area contributed by atoms with Crippen LogP contribution in [0.5, 0.6) is 0 Å². The van der Waals surface area contributed by atoms with E-state index in [0.29, 0.717) is 5.56 Å². The Morgan fingerprint density at radius 1 is 1.45 bits per heavy atom. The van der Waals surface area contributed by atoms with Crippen LogP contribution in [0.1, 0.15) is 18.4 Å². The zero-order chi connectivity index (χ0) is 14.5. The molecular formula is C14H23N5O. The van der Waals surface area contributed by atoms with E-state index in [1.807, 2.05) is 12.1 Å². The predicted octanol–water partition coefficient (Wildman–Crippen LogP) is 0.954. The molecule has 0 amide bonds. The maximum Gasteiger partial charge on any atom is 0.171 e. The number of aromatic nitrogens is 1. The second kappa shape index (κ2) is 6.56. The van der Waals surface area contributed by atoms with Gasteiger partial charge in [-0.05, 0) is 45.0 Å². The molecule has 1 aliphatic rings. The molecule has 0 aromatic carbocycles. The molecule has 0 bridgehead atoms. The van der Waals surface area contributed by atoms with Gasteiger partial charge in [0.1, 0.15) is 5.82 Å². The molecule has 2 rings (SSSR count). The Labute approximate surface area is 119 Å². The molecule has 20 heavy (non-hydrogen) atoms. The van der Waals surface area contributed by atoms with Crippen molar-refractivity contribution in [3.05, 3.63) is 23.9 Å². The van der Waals surface area contributed by atoms with Gasteiger partial charge in [-0.3, -0.25) is 0 Å². The number of nitrogens with zero attached hydrogens (tertiary/aromatic N) is 4. The van der Waals surface area contributed by atoms with Crippen LogP contribution in [-0.4, -0.2) is 54.7 Å². The fourth-order valence-electron chi connectivity index (χ4n) is 2.64. The minimum atomic E-state index is 0.0914. The number of oxime groups is 1. The van der Waals surface area contributed by atoms with Crippen molar-refractivity contribution in [3.8, 4) is 0 Å². The van der Waals surface area contributed by atoms with Crippen molar-refractivity contribution in [2.75, 3.05) is 38.6 Å². The fraction of sp³-hybridized carbons (Fsp3) is 0.571. The third-order valence-corrected chi connectivity index (χ3v) is 3.71. The van der Waals surface area contributed by atoms with Crippen LogP contribution >= 0.6 is 0 Å². The number of hydrogen-bond donors (Lipinski definition) is 2. The van der Waals surface area contributed by atoms with Gasteiger partial charge in [-0.15, -0.1) is 0 Å². The number of nitrogens with two attached hydrogens (primary N) is 1. The zero-order valence-electron chi connectivity index (χ0n) is 12.2. The van der Waals surface area contributed by atoms with Gasteiger partial charge in [-0.1, -0.05) is 5.16 Å². The largest absolute Gasteiger partial charge is 0.409 e. The molecule has 1 aliphatic heterocycles. The number of hydrogen-bond acceptors (Lipinski definition) is 5. The van der Waals surface area contributed by atoms with Crippen LogP contribution in [0.2, 0.25) is 0 Å². The van der Waals surface area contributed by atoms with Crippen LogP contribution < -0.4 is 10.6 Å². The molecule has 6 nitrogen and oxygen atoms in total. The molecule has 1 fully saturated rings. The average Bonchev–Trinajstić information content (AvgIpc) is 2.47. The summed E-state index contributed by atoms with van der Waals surface area (Å²) in [5, 5.41) is 11.6. The lowest BCUT2D eigenvalue weighted by Gasteiger charge is -2.34. The maximum atomic E-state index is 8.63. The number of amidine groups is 1. The van der Waals surface area contributed by atoms with Gasteiger partial charge in [0, 0.05) is 31.4 Å². The smallest absolute Gasteiger partial charge is 0.171 e. The minimum absolute atomic E-state index is 0.0914. The molecule has 6 heteroatoms. The highest BCUT2D eigenvalue weighted by Gasteiger charge is 2.20. The van der Waals surface area contributed by atoms with Crippen molar-refractivity contribution < 1.29 is 5.21 Å². The Bertz CT molecular complexity index is 449. The molecule has 1 saturated heterocycles. The van der Waals surface area contributed by atoms with Crippen LogP contribution in [0.15, 0.2) is 23.5 Å². The van der Waals surface area contributed by atoms with Crippen LogP contribution in [0.25, 0.3) is 0 Å². The normalized spacial score (nSPS) is 17.8. The Morgan fingerprint density at radius 2 is 2.15 bits per heavy atom. The van der Waals surface area contributed by atoms with Crippen LogP contribution in [-0.2, 0) is 0 Å². The van der Waals surface area contributed by atoms with Crippen LogP contribution in [0.3, 0.4) is 0 Å². The van der Waals surface area contributed by atoms with Gasteiger partial charge in [0.05, 0.1) is 0 Å². The summed E-state index contributed by atoms with van der Waals surface area (Å²) in [6.07, 6.45) is 4.04. The van der Waals surface area contributed by atoms with E-state index >= 15 is 0 Å². The van der Waals surface area contributed by atoms with Crippen LogP contribution in [0.4, 0.5) is 5.82 Å². The summed E-state index contributed by atoms with van der Waals surface area (Å²) < 4.78 is 0. The summed E-state index contributed by atoms with van der Waals surface area (Å²) >= 11 is 0. The van der Waals surface area contributed by atoms with E-state index in [4.69, 9.17) is 10.9 Å². The first-order chi connectivity index (χ1) is 9.60. The number of anilines is 1. The lowest BCUT2D eigenvalue weighted by Crippen LogP contribution is -2.37. The highest BCUT2D eigenvalue weighted by molar-refractivity contribution is 5.96. The van der Waals surface area contributed by atoms with Gasteiger partial charge in [0.2, 0.25) is 0 Å². The lowest BCUT2D eigenvalue weighted by atomic mass is 9.96. The average molecular weight is 277 g/mol. The van der Waals surface area contributed by atoms with Crippen molar-refractivity contribution in [1.29, 1.82) is 0 Å². The topological polar surface area (TPSA) is 78.0 Å². The minimum Gasteiger partial charge on any atom is -0.409 e. The van der Waals surface area contributed by atoms with Gasteiger partial charge in [-0.2, -0.15) is 0 Å². The molecule has 110 valence electrons. The lowest BCUT2D eigenvalue weighted by molar-refractivity contribution is 0.284. The number of pyridine rings is 1.